The monoisotopic (exact) mass is 361 g/mol. The predicted molar refractivity (Wildman–Crippen MR) is 90.6 cm³/mol. The molecule has 0 bridgehead atoms. The van der Waals surface area contributed by atoms with Gasteiger partial charge in [0.15, 0.2) is 5.69 Å². The van der Waals surface area contributed by atoms with E-state index in [1.165, 1.54) is 35.0 Å². The van der Waals surface area contributed by atoms with Gasteiger partial charge in [0.1, 0.15) is 16.9 Å². The number of likely N-dealkylation sites (tertiary alicyclic amines) is 1. The number of hydrogen-bond acceptors (Lipinski definition) is 4. The highest BCUT2D eigenvalue weighted by atomic mass is 19.1. The third-order valence-corrected chi connectivity index (χ3v) is 4.65. The molecule has 1 unspecified atom stereocenters. The number of rotatable bonds is 5. The van der Waals surface area contributed by atoms with Crippen LogP contribution in [0.3, 0.4) is 0 Å². The maximum Gasteiger partial charge on any atom is 0.313 e. The summed E-state index contributed by atoms with van der Waals surface area (Å²) < 4.78 is 20.3. The maximum absolute atomic E-state index is 13.9. The Morgan fingerprint density at radius 3 is 2.81 bits per heavy atom. The van der Waals surface area contributed by atoms with Gasteiger partial charge in [0.25, 0.3) is 5.91 Å². The molecule has 1 fully saturated rings. The van der Waals surface area contributed by atoms with Gasteiger partial charge in [-0.25, -0.2) is 9.07 Å². The molecule has 138 valence electrons. The molecule has 0 spiro atoms. The van der Waals surface area contributed by atoms with Crippen LogP contribution in [-0.2, 0) is 9.53 Å². The van der Waals surface area contributed by atoms with Gasteiger partial charge in [-0.1, -0.05) is 12.1 Å². The number of ether oxygens (including phenoxy) is 1. The zero-order valence-electron chi connectivity index (χ0n) is 14.4. The second-order valence-corrected chi connectivity index (χ2v) is 6.45. The van der Waals surface area contributed by atoms with E-state index < -0.39 is 17.2 Å². The SMILES string of the molecule is COCC1(C(=O)O)CCCN(C(=O)c2ccn(-c3ccccc3F)n2)C1. The molecule has 2 heterocycles. The molecule has 8 heteroatoms. The number of carbonyl (C=O) groups is 2. The van der Waals surface area contributed by atoms with Gasteiger partial charge in [0, 0.05) is 26.4 Å². The average Bonchev–Trinajstić information content (AvgIpc) is 3.11. The van der Waals surface area contributed by atoms with Gasteiger partial charge in [-0.05, 0) is 31.0 Å². The van der Waals surface area contributed by atoms with Gasteiger partial charge in [0.05, 0.1) is 6.61 Å². The van der Waals surface area contributed by atoms with Crippen molar-refractivity contribution in [2.24, 2.45) is 5.41 Å². The summed E-state index contributed by atoms with van der Waals surface area (Å²) >= 11 is 0. The summed E-state index contributed by atoms with van der Waals surface area (Å²) in [6.45, 7) is 0.543. The lowest BCUT2D eigenvalue weighted by atomic mass is 9.80. The van der Waals surface area contributed by atoms with Crippen LogP contribution in [0.1, 0.15) is 23.3 Å². The predicted octanol–water partition coefficient (Wildman–Crippen LogP) is 1.96. The Balaban J connectivity index is 1.81. The minimum Gasteiger partial charge on any atom is -0.481 e. The average molecular weight is 361 g/mol. The van der Waals surface area contributed by atoms with E-state index in [0.717, 1.165) is 0 Å². The molecule has 1 amide bonds. The molecular formula is C18H20FN3O4. The van der Waals surface area contributed by atoms with Crippen molar-refractivity contribution >= 4 is 11.9 Å². The standard InChI is InChI=1S/C18H20FN3O4/c1-26-12-18(17(24)25)8-4-9-21(11-18)16(23)14-7-10-22(20-14)15-6-3-2-5-13(15)19/h2-3,5-7,10H,4,8-9,11-12H2,1H3,(H,24,25). The second kappa shape index (κ2) is 7.25. The zero-order valence-corrected chi connectivity index (χ0v) is 14.4. The number of benzene rings is 1. The second-order valence-electron chi connectivity index (χ2n) is 6.45. The van der Waals surface area contributed by atoms with Gasteiger partial charge in [0.2, 0.25) is 0 Å². The number of carboxylic acid groups (broad SMARTS) is 1. The van der Waals surface area contributed by atoms with E-state index in [0.29, 0.717) is 19.4 Å². The van der Waals surface area contributed by atoms with Crippen LogP contribution in [0.15, 0.2) is 36.5 Å². The Morgan fingerprint density at radius 2 is 2.12 bits per heavy atom. The van der Waals surface area contributed by atoms with Crippen LogP contribution < -0.4 is 0 Å². The summed E-state index contributed by atoms with van der Waals surface area (Å²) in [6.07, 6.45) is 2.52. The molecule has 1 saturated heterocycles. The summed E-state index contributed by atoms with van der Waals surface area (Å²) in [5, 5.41) is 13.8. The van der Waals surface area contributed by atoms with Crippen LogP contribution >= 0.6 is 0 Å². The van der Waals surface area contributed by atoms with Crippen LogP contribution in [0, 0.1) is 11.2 Å². The largest absolute Gasteiger partial charge is 0.481 e. The van der Waals surface area contributed by atoms with E-state index in [9.17, 15) is 19.1 Å². The van der Waals surface area contributed by atoms with Crippen molar-refractivity contribution in [3.8, 4) is 5.69 Å². The number of hydrogen-bond donors (Lipinski definition) is 1. The van der Waals surface area contributed by atoms with Crippen LogP contribution in [0.5, 0.6) is 0 Å². The molecule has 1 atom stereocenters. The summed E-state index contributed by atoms with van der Waals surface area (Å²) in [4.78, 5) is 26.0. The smallest absolute Gasteiger partial charge is 0.313 e. The molecule has 1 aliphatic rings. The Morgan fingerprint density at radius 1 is 1.35 bits per heavy atom. The third kappa shape index (κ3) is 3.32. The fraction of sp³-hybridized carbons (Fsp3) is 0.389. The first kappa shape index (κ1) is 18.1. The quantitative estimate of drug-likeness (QED) is 0.880. The molecule has 0 radical (unpaired) electrons. The number of methoxy groups -OCH3 is 1. The summed E-state index contributed by atoms with van der Waals surface area (Å²) in [5.41, 5.74) is -0.729. The highest BCUT2D eigenvalue weighted by Crippen LogP contribution is 2.31. The number of nitrogens with zero attached hydrogens (tertiary/aromatic N) is 3. The first-order valence-electron chi connectivity index (χ1n) is 8.29. The lowest BCUT2D eigenvalue weighted by molar-refractivity contribution is -0.155. The van der Waals surface area contributed by atoms with Crippen molar-refractivity contribution in [3.05, 3.63) is 48.0 Å². The molecule has 0 saturated carbocycles. The Hall–Kier alpha value is -2.74. The number of carboxylic acids is 1. The van der Waals surface area contributed by atoms with E-state index >= 15 is 0 Å². The molecule has 1 aromatic heterocycles. The highest BCUT2D eigenvalue weighted by molar-refractivity contribution is 5.93. The van der Waals surface area contributed by atoms with E-state index in [1.807, 2.05) is 0 Å². The van der Waals surface area contributed by atoms with Crippen LogP contribution in [0.2, 0.25) is 0 Å². The number of aliphatic carboxylic acids is 1. The lowest BCUT2D eigenvalue weighted by Gasteiger charge is -2.39. The number of amides is 1. The highest BCUT2D eigenvalue weighted by Gasteiger charge is 2.44. The third-order valence-electron chi connectivity index (χ3n) is 4.65. The minimum atomic E-state index is -1.11. The topological polar surface area (TPSA) is 84.7 Å². The van der Waals surface area contributed by atoms with E-state index in [2.05, 4.69) is 5.10 Å². The van der Waals surface area contributed by atoms with Crippen molar-refractivity contribution in [3.63, 3.8) is 0 Å². The summed E-state index contributed by atoms with van der Waals surface area (Å²) in [5.74, 6) is -1.80. The molecule has 1 aliphatic heterocycles. The van der Waals surface area contributed by atoms with Crippen molar-refractivity contribution in [1.82, 2.24) is 14.7 Å². The number of piperidine rings is 1. The molecule has 2 aromatic rings. The number of aromatic nitrogens is 2. The molecule has 26 heavy (non-hydrogen) atoms. The van der Waals surface area contributed by atoms with Crippen LogP contribution in [-0.4, -0.2) is 58.5 Å². The van der Waals surface area contributed by atoms with Gasteiger partial charge in [-0.15, -0.1) is 0 Å². The first-order chi connectivity index (χ1) is 12.5. The molecule has 0 aliphatic carbocycles. The Labute approximate surface area is 150 Å². The van der Waals surface area contributed by atoms with E-state index in [-0.39, 0.29) is 30.4 Å². The summed E-state index contributed by atoms with van der Waals surface area (Å²) in [6, 6.07) is 7.63. The molecular weight excluding hydrogens is 341 g/mol. The fourth-order valence-corrected chi connectivity index (χ4v) is 3.31. The van der Waals surface area contributed by atoms with Crippen LogP contribution in [0.25, 0.3) is 5.69 Å². The Bertz CT molecular complexity index is 818. The number of para-hydroxylation sites is 1. The van der Waals surface area contributed by atoms with Gasteiger partial charge >= 0.3 is 5.97 Å². The molecule has 7 nitrogen and oxygen atoms in total. The van der Waals surface area contributed by atoms with Gasteiger partial charge in [-0.2, -0.15) is 5.10 Å². The number of halogens is 1. The minimum absolute atomic E-state index is 0.0375. The summed E-state index contributed by atoms with van der Waals surface area (Å²) in [7, 11) is 1.45. The van der Waals surface area contributed by atoms with E-state index in [4.69, 9.17) is 4.74 Å². The van der Waals surface area contributed by atoms with Crippen molar-refractivity contribution in [2.45, 2.75) is 12.8 Å². The fourth-order valence-electron chi connectivity index (χ4n) is 3.31. The molecule has 1 aromatic carbocycles. The maximum atomic E-state index is 13.9. The normalized spacial score (nSPS) is 20.2. The zero-order chi connectivity index (χ0) is 18.7. The van der Waals surface area contributed by atoms with Crippen molar-refractivity contribution in [1.29, 1.82) is 0 Å². The lowest BCUT2D eigenvalue weighted by Crippen LogP contribution is -2.52. The molecule has 3 rings (SSSR count). The van der Waals surface area contributed by atoms with Crippen LogP contribution in [0.4, 0.5) is 4.39 Å². The van der Waals surface area contributed by atoms with Gasteiger partial charge < -0.3 is 14.7 Å². The van der Waals surface area contributed by atoms with E-state index in [1.54, 1.807) is 18.2 Å². The number of carbonyl (C=O) groups excluding carboxylic acids is 1. The van der Waals surface area contributed by atoms with Gasteiger partial charge in [-0.3, -0.25) is 9.59 Å². The first-order valence-corrected chi connectivity index (χ1v) is 8.29. The van der Waals surface area contributed by atoms with Crippen molar-refractivity contribution in [2.75, 3.05) is 26.8 Å². The van der Waals surface area contributed by atoms with Crippen molar-refractivity contribution < 1.29 is 23.8 Å². The molecule has 1 N–H and O–H groups in total. The Kier molecular flexibility index (Phi) is 5.03.